The molecule has 0 radical (unpaired) electrons. The molecule has 1 aliphatic heterocycles. The molecule has 0 spiro atoms. The molecule has 0 saturated carbocycles. The summed E-state index contributed by atoms with van der Waals surface area (Å²) in [5.41, 5.74) is 3.71. The highest BCUT2D eigenvalue weighted by atomic mass is 32.2. The van der Waals surface area contributed by atoms with Crippen molar-refractivity contribution in [2.24, 2.45) is 0 Å². The van der Waals surface area contributed by atoms with E-state index in [1.807, 2.05) is 19.9 Å². The predicted molar refractivity (Wildman–Crippen MR) is 139 cm³/mol. The molecule has 1 fully saturated rings. The largest absolute Gasteiger partial charge is 0.378 e. The zero-order valence-corrected chi connectivity index (χ0v) is 21.3. The van der Waals surface area contributed by atoms with Gasteiger partial charge in [0.05, 0.1) is 29.4 Å². The lowest BCUT2D eigenvalue weighted by Crippen LogP contribution is -2.41. The Hall–Kier alpha value is -3.69. The Labute approximate surface area is 211 Å². The minimum absolute atomic E-state index is 0.00647. The van der Waals surface area contributed by atoms with E-state index in [0.29, 0.717) is 48.8 Å². The third-order valence-corrected chi connectivity index (χ3v) is 7.44. The Morgan fingerprint density at radius 2 is 1.56 bits per heavy atom. The number of ether oxygens (including phenoxy) is 1. The first-order valence-corrected chi connectivity index (χ1v) is 13.1. The van der Waals surface area contributed by atoms with Crippen LogP contribution in [0.25, 0.3) is 0 Å². The maximum atomic E-state index is 13.2. The molecule has 2 N–H and O–H groups in total. The van der Waals surface area contributed by atoms with Crippen LogP contribution in [-0.4, -0.2) is 51.4 Å². The summed E-state index contributed by atoms with van der Waals surface area (Å²) in [4.78, 5) is 27.8. The van der Waals surface area contributed by atoms with Gasteiger partial charge in [0.1, 0.15) is 0 Å². The molecule has 9 heteroatoms. The van der Waals surface area contributed by atoms with Gasteiger partial charge in [0, 0.05) is 24.3 Å². The molecule has 1 saturated heterocycles. The summed E-state index contributed by atoms with van der Waals surface area (Å²) in [5, 5.41) is 2.78. The Kier molecular flexibility index (Phi) is 7.42. The van der Waals surface area contributed by atoms with E-state index in [9.17, 15) is 18.0 Å². The number of carbonyl (C=O) groups excluding carboxylic acids is 2. The molecule has 4 rings (SSSR count). The minimum Gasteiger partial charge on any atom is -0.378 e. The number of rotatable bonds is 6. The van der Waals surface area contributed by atoms with E-state index in [2.05, 4.69) is 10.0 Å². The van der Waals surface area contributed by atoms with Crippen molar-refractivity contribution in [1.82, 2.24) is 4.90 Å². The lowest BCUT2D eigenvalue weighted by atomic mass is 10.1. The van der Waals surface area contributed by atoms with Crippen LogP contribution in [-0.2, 0) is 14.8 Å². The Morgan fingerprint density at radius 1 is 0.889 bits per heavy atom. The smallest absolute Gasteiger partial charge is 0.262 e. The molecule has 2 amide bonds. The summed E-state index contributed by atoms with van der Waals surface area (Å²) in [6, 6.07) is 16.7. The van der Waals surface area contributed by atoms with Crippen molar-refractivity contribution in [2.45, 2.75) is 25.7 Å². The fourth-order valence-corrected chi connectivity index (χ4v) is 5.50. The highest BCUT2D eigenvalue weighted by Crippen LogP contribution is 2.24. The molecule has 0 atom stereocenters. The number of amides is 2. The number of nitrogens with one attached hydrogen (secondary N) is 2. The van der Waals surface area contributed by atoms with Crippen molar-refractivity contribution in [3.8, 4) is 0 Å². The quantitative estimate of drug-likeness (QED) is 0.522. The second-order valence-electron chi connectivity index (χ2n) is 8.87. The van der Waals surface area contributed by atoms with E-state index < -0.39 is 15.9 Å². The van der Waals surface area contributed by atoms with Crippen LogP contribution in [0.3, 0.4) is 0 Å². The number of morpholine rings is 1. The van der Waals surface area contributed by atoms with Crippen molar-refractivity contribution in [3.05, 3.63) is 88.5 Å². The number of para-hydroxylation sites is 1. The van der Waals surface area contributed by atoms with Crippen molar-refractivity contribution >= 4 is 33.2 Å². The number of sulfonamides is 1. The topological polar surface area (TPSA) is 105 Å². The molecule has 0 bridgehead atoms. The Morgan fingerprint density at radius 3 is 2.25 bits per heavy atom. The number of hydrogen-bond acceptors (Lipinski definition) is 5. The lowest BCUT2D eigenvalue weighted by molar-refractivity contribution is 0.0303. The number of nitrogens with zero attached hydrogens (tertiary/aromatic N) is 1. The molecule has 36 heavy (non-hydrogen) atoms. The molecule has 0 aromatic heterocycles. The second-order valence-corrected chi connectivity index (χ2v) is 10.5. The van der Waals surface area contributed by atoms with Gasteiger partial charge in [0.15, 0.2) is 0 Å². The number of benzene rings is 3. The standard InChI is InChI=1S/C27H29N3O5S/c1-18-14-19(2)16-22(15-18)29-36(33,34)25-17-21(9-8-20(25)3)26(31)28-24-7-5-4-6-23(24)27(32)30-10-12-35-13-11-30/h4-9,14-17,29H,10-13H2,1-3H3,(H,28,31). The summed E-state index contributed by atoms with van der Waals surface area (Å²) in [5.74, 6) is -0.709. The molecule has 8 nitrogen and oxygen atoms in total. The van der Waals surface area contributed by atoms with Crippen molar-refractivity contribution in [3.63, 3.8) is 0 Å². The number of aryl methyl sites for hydroxylation is 3. The Balaban J connectivity index is 1.58. The molecule has 3 aromatic rings. The maximum Gasteiger partial charge on any atom is 0.262 e. The number of carbonyl (C=O) groups is 2. The molecular weight excluding hydrogens is 478 g/mol. The van der Waals surface area contributed by atoms with Crippen LogP contribution in [0.15, 0.2) is 65.6 Å². The van der Waals surface area contributed by atoms with Crippen molar-refractivity contribution in [2.75, 3.05) is 36.3 Å². The van der Waals surface area contributed by atoms with Crippen molar-refractivity contribution < 1.29 is 22.7 Å². The van der Waals surface area contributed by atoms with Crippen LogP contribution in [0.4, 0.5) is 11.4 Å². The maximum absolute atomic E-state index is 13.2. The predicted octanol–water partition coefficient (Wildman–Crippen LogP) is 4.14. The van der Waals surface area contributed by atoms with Crippen LogP contribution in [0.2, 0.25) is 0 Å². The van der Waals surface area contributed by atoms with Gasteiger partial charge >= 0.3 is 0 Å². The first-order valence-electron chi connectivity index (χ1n) is 11.6. The van der Waals surface area contributed by atoms with Crippen LogP contribution in [0.5, 0.6) is 0 Å². The van der Waals surface area contributed by atoms with Crippen molar-refractivity contribution in [1.29, 1.82) is 0 Å². The van der Waals surface area contributed by atoms with Gasteiger partial charge in [-0.05, 0) is 73.9 Å². The van der Waals surface area contributed by atoms with Gasteiger partial charge in [-0.1, -0.05) is 24.3 Å². The van der Waals surface area contributed by atoms with Gasteiger partial charge in [0.25, 0.3) is 21.8 Å². The van der Waals surface area contributed by atoms with E-state index in [-0.39, 0.29) is 16.4 Å². The Bertz CT molecular complexity index is 1390. The lowest BCUT2D eigenvalue weighted by Gasteiger charge is -2.27. The highest BCUT2D eigenvalue weighted by Gasteiger charge is 2.23. The first-order chi connectivity index (χ1) is 17.1. The average Bonchev–Trinajstić information content (AvgIpc) is 2.83. The van der Waals surface area contributed by atoms with E-state index in [1.54, 1.807) is 60.4 Å². The van der Waals surface area contributed by atoms with E-state index in [1.165, 1.54) is 6.07 Å². The number of hydrogen-bond donors (Lipinski definition) is 2. The molecule has 188 valence electrons. The molecule has 0 aliphatic carbocycles. The summed E-state index contributed by atoms with van der Waals surface area (Å²) in [6.07, 6.45) is 0. The fourth-order valence-electron chi connectivity index (χ4n) is 4.18. The van der Waals surface area contributed by atoms with E-state index in [0.717, 1.165) is 11.1 Å². The highest BCUT2D eigenvalue weighted by molar-refractivity contribution is 7.92. The van der Waals surface area contributed by atoms with Gasteiger partial charge in [-0.3, -0.25) is 14.3 Å². The molecule has 1 heterocycles. The van der Waals surface area contributed by atoms with Crippen LogP contribution in [0, 0.1) is 20.8 Å². The molecule has 1 aliphatic rings. The van der Waals surface area contributed by atoms with Gasteiger partial charge < -0.3 is 15.0 Å². The molecule has 3 aromatic carbocycles. The van der Waals surface area contributed by atoms with Gasteiger partial charge in [-0.2, -0.15) is 0 Å². The second kappa shape index (κ2) is 10.5. The summed E-state index contributed by atoms with van der Waals surface area (Å²) >= 11 is 0. The fraction of sp³-hybridized carbons (Fsp3) is 0.259. The third-order valence-electron chi connectivity index (χ3n) is 5.92. The van der Waals surface area contributed by atoms with Crippen LogP contribution >= 0.6 is 0 Å². The van der Waals surface area contributed by atoms with E-state index >= 15 is 0 Å². The number of anilines is 2. The minimum atomic E-state index is -3.95. The monoisotopic (exact) mass is 507 g/mol. The summed E-state index contributed by atoms with van der Waals surface area (Å²) < 4.78 is 34.3. The SMILES string of the molecule is Cc1cc(C)cc(NS(=O)(=O)c2cc(C(=O)Nc3ccccc3C(=O)N3CCOCC3)ccc2C)c1. The summed E-state index contributed by atoms with van der Waals surface area (Å²) in [7, 11) is -3.95. The van der Waals surface area contributed by atoms with Crippen LogP contribution in [0.1, 0.15) is 37.4 Å². The van der Waals surface area contributed by atoms with Gasteiger partial charge in [0.2, 0.25) is 0 Å². The van der Waals surface area contributed by atoms with Crippen LogP contribution < -0.4 is 10.0 Å². The van der Waals surface area contributed by atoms with E-state index in [4.69, 9.17) is 4.74 Å². The molecular formula is C27H29N3O5S. The van der Waals surface area contributed by atoms with Gasteiger partial charge in [-0.15, -0.1) is 0 Å². The average molecular weight is 508 g/mol. The zero-order valence-electron chi connectivity index (χ0n) is 20.5. The summed E-state index contributed by atoms with van der Waals surface area (Å²) in [6.45, 7) is 7.36. The zero-order chi connectivity index (χ0) is 25.9. The third kappa shape index (κ3) is 5.75. The van der Waals surface area contributed by atoms with Gasteiger partial charge in [-0.25, -0.2) is 8.42 Å². The first kappa shape index (κ1) is 25.4. The molecule has 0 unspecified atom stereocenters. The normalized spacial score (nSPS) is 13.8.